The van der Waals surface area contributed by atoms with Gasteiger partial charge in [0.2, 0.25) is 0 Å². The zero-order chi connectivity index (χ0) is 17.2. The number of fused-ring (bicyclic) bond motifs is 1. The summed E-state index contributed by atoms with van der Waals surface area (Å²) >= 11 is 1.77. The van der Waals surface area contributed by atoms with Crippen molar-refractivity contribution < 1.29 is 9.53 Å². The molecule has 0 spiro atoms. The summed E-state index contributed by atoms with van der Waals surface area (Å²) in [6.45, 7) is 4.38. The molecule has 1 saturated heterocycles. The molecule has 2 aromatic rings. The molecule has 1 aliphatic heterocycles. The molecule has 1 fully saturated rings. The molecule has 4 rings (SSSR count). The molecule has 0 radical (unpaired) electrons. The second-order valence-corrected chi connectivity index (χ2v) is 8.19. The third-order valence-electron chi connectivity index (χ3n) is 5.30. The topological polar surface area (TPSA) is 42.4 Å². The minimum atomic E-state index is 0.131. The fourth-order valence-electron chi connectivity index (χ4n) is 3.77. The van der Waals surface area contributed by atoms with Gasteiger partial charge in [-0.2, -0.15) is 0 Å². The average molecular weight is 356 g/mol. The van der Waals surface area contributed by atoms with Gasteiger partial charge < -0.3 is 9.64 Å². The Kier molecular flexibility index (Phi) is 4.86. The molecule has 0 aromatic carbocycles. The van der Waals surface area contributed by atoms with Crippen LogP contribution in [-0.2, 0) is 24.2 Å². The highest BCUT2D eigenvalue weighted by molar-refractivity contribution is 7.10. The summed E-state index contributed by atoms with van der Waals surface area (Å²) < 4.78 is 5.99. The summed E-state index contributed by atoms with van der Waals surface area (Å²) in [5.41, 5.74) is 3.39. The van der Waals surface area contributed by atoms with E-state index < -0.39 is 0 Å². The molecular weight excluding hydrogens is 332 g/mol. The third kappa shape index (κ3) is 3.62. The van der Waals surface area contributed by atoms with Gasteiger partial charge in [0, 0.05) is 35.7 Å². The number of rotatable bonds is 4. The molecule has 1 amide bonds. The van der Waals surface area contributed by atoms with E-state index in [4.69, 9.17) is 4.74 Å². The van der Waals surface area contributed by atoms with E-state index >= 15 is 0 Å². The maximum Gasteiger partial charge on any atom is 0.255 e. The largest absolute Gasteiger partial charge is 0.372 e. The van der Waals surface area contributed by atoms with Crippen LogP contribution in [-0.4, -0.2) is 35.0 Å². The summed E-state index contributed by atoms with van der Waals surface area (Å²) in [6, 6.07) is 3.94. The molecule has 2 aromatic heterocycles. The van der Waals surface area contributed by atoms with E-state index in [-0.39, 0.29) is 12.0 Å². The lowest BCUT2D eigenvalue weighted by atomic mass is 9.88. The number of thiophene rings is 1. The van der Waals surface area contributed by atoms with Crippen LogP contribution in [0.25, 0.3) is 0 Å². The molecule has 1 aliphatic carbocycles. The molecule has 0 saturated carbocycles. The summed E-state index contributed by atoms with van der Waals surface area (Å²) in [7, 11) is 0. The molecule has 0 unspecified atom stereocenters. The van der Waals surface area contributed by atoms with Gasteiger partial charge in [0.05, 0.1) is 18.3 Å². The fraction of sp³-hybridized carbons (Fsp3) is 0.500. The Labute approximate surface area is 152 Å². The van der Waals surface area contributed by atoms with E-state index in [1.807, 2.05) is 17.0 Å². The minimum Gasteiger partial charge on any atom is -0.372 e. The highest BCUT2D eigenvalue weighted by atomic mass is 32.1. The zero-order valence-corrected chi connectivity index (χ0v) is 15.4. The Balaban J connectivity index is 1.36. The molecule has 5 heteroatoms. The van der Waals surface area contributed by atoms with Gasteiger partial charge in [0.15, 0.2) is 0 Å². The van der Waals surface area contributed by atoms with Gasteiger partial charge in [0.1, 0.15) is 0 Å². The number of carbonyl (C=O) groups is 1. The van der Waals surface area contributed by atoms with Crippen LogP contribution in [0, 0.1) is 5.92 Å². The number of likely N-dealkylation sites (tertiary alicyclic amines) is 1. The van der Waals surface area contributed by atoms with Crippen LogP contribution < -0.4 is 0 Å². The third-order valence-corrected chi connectivity index (χ3v) is 6.35. The number of nitrogens with zero attached hydrogens (tertiary/aromatic N) is 2. The molecular formula is C20H24N2O2S. The number of hydrogen-bond acceptors (Lipinski definition) is 4. The van der Waals surface area contributed by atoms with Crippen molar-refractivity contribution in [2.45, 2.75) is 45.3 Å². The molecule has 4 nitrogen and oxygen atoms in total. The quantitative estimate of drug-likeness (QED) is 0.839. The van der Waals surface area contributed by atoms with Crippen LogP contribution in [0.4, 0.5) is 0 Å². The Morgan fingerprint density at radius 1 is 1.36 bits per heavy atom. The van der Waals surface area contributed by atoms with Crippen LogP contribution in [0.15, 0.2) is 29.9 Å². The first kappa shape index (κ1) is 16.7. The Morgan fingerprint density at radius 2 is 2.20 bits per heavy atom. The highest BCUT2D eigenvalue weighted by Gasteiger charge is 2.31. The van der Waals surface area contributed by atoms with Crippen LogP contribution in [0.1, 0.15) is 46.1 Å². The molecule has 2 aliphatic rings. The molecule has 2 atom stereocenters. The second-order valence-electron chi connectivity index (χ2n) is 7.23. The minimum absolute atomic E-state index is 0.131. The van der Waals surface area contributed by atoms with Crippen molar-refractivity contribution in [3.63, 3.8) is 0 Å². The smallest absolute Gasteiger partial charge is 0.255 e. The van der Waals surface area contributed by atoms with Gasteiger partial charge in [0.25, 0.3) is 5.91 Å². The highest BCUT2D eigenvalue weighted by Crippen LogP contribution is 2.34. The van der Waals surface area contributed by atoms with E-state index in [2.05, 4.69) is 17.3 Å². The van der Waals surface area contributed by atoms with Crippen LogP contribution in [0.3, 0.4) is 0 Å². The van der Waals surface area contributed by atoms with Crippen LogP contribution >= 0.6 is 11.3 Å². The molecule has 3 heterocycles. The lowest BCUT2D eigenvalue weighted by Crippen LogP contribution is -2.30. The Hall–Kier alpha value is -1.72. The van der Waals surface area contributed by atoms with E-state index in [1.165, 1.54) is 16.9 Å². The van der Waals surface area contributed by atoms with E-state index in [0.29, 0.717) is 13.2 Å². The van der Waals surface area contributed by atoms with E-state index in [0.717, 1.165) is 42.9 Å². The normalized spacial score (nSPS) is 22.8. The van der Waals surface area contributed by atoms with Crippen molar-refractivity contribution in [3.05, 3.63) is 51.5 Å². The lowest BCUT2D eigenvalue weighted by molar-refractivity contribution is 0.0437. The number of pyridine rings is 1. The summed E-state index contributed by atoms with van der Waals surface area (Å²) in [6.07, 6.45) is 7.99. The first-order chi connectivity index (χ1) is 12.2. The fourth-order valence-corrected chi connectivity index (χ4v) is 5.01. The van der Waals surface area contributed by atoms with Crippen molar-refractivity contribution in [2.75, 3.05) is 13.1 Å². The number of ether oxygens (including phenoxy) is 1. The number of aromatic nitrogens is 1. The van der Waals surface area contributed by atoms with Crippen molar-refractivity contribution in [3.8, 4) is 0 Å². The monoisotopic (exact) mass is 356 g/mol. The first-order valence-electron chi connectivity index (χ1n) is 9.09. The van der Waals surface area contributed by atoms with Crippen molar-refractivity contribution >= 4 is 17.2 Å². The molecule has 132 valence electrons. The van der Waals surface area contributed by atoms with E-state index in [1.54, 1.807) is 23.7 Å². The Morgan fingerprint density at radius 3 is 3.04 bits per heavy atom. The predicted molar refractivity (Wildman–Crippen MR) is 98.8 cm³/mol. The van der Waals surface area contributed by atoms with Crippen LogP contribution in [0.2, 0.25) is 0 Å². The molecule has 25 heavy (non-hydrogen) atoms. The van der Waals surface area contributed by atoms with Crippen molar-refractivity contribution in [1.29, 1.82) is 0 Å². The first-order valence-corrected chi connectivity index (χ1v) is 9.97. The van der Waals surface area contributed by atoms with Gasteiger partial charge in [-0.05, 0) is 54.9 Å². The summed E-state index contributed by atoms with van der Waals surface area (Å²) in [5.74, 6) is 0.939. The van der Waals surface area contributed by atoms with Gasteiger partial charge in [-0.1, -0.05) is 6.92 Å². The van der Waals surface area contributed by atoms with Crippen molar-refractivity contribution in [1.82, 2.24) is 9.88 Å². The van der Waals surface area contributed by atoms with Gasteiger partial charge in [-0.25, -0.2) is 0 Å². The maximum absolute atomic E-state index is 13.0. The average Bonchev–Trinajstić information content (AvgIpc) is 3.27. The second kappa shape index (κ2) is 7.26. The summed E-state index contributed by atoms with van der Waals surface area (Å²) in [5, 5.41) is 2.08. The van der Waals surface area contributed by atoms with Gasteiger partial charge >= 0.3 is 0 Å². The van der Waals surface area contributed by atoms with Crippen LogP contribution in [0.5, 0.6) is 0 Å². The van der Waals surface area contributed by atoms with Gasteiger partial charge in [-0.3, -0.25) is 9.78 Å². The summed E-state index contributed by atoms with van der Waals surface area (Å²) in [4.78, 5) is 20.4. The van der Waals surface area contributed by atoms with Gasteiger partial charge in [-0.15, -0.1) is 11.3 Å². The molecule has 0 bridgehead atoms. The van der Waals surface area contributed by atoms with E-state index in [9.17, 15) is 4.79 Å². The SMILES string of the molecule is C[C@H]1CCc2c(C(=O)N3CC[C@H](OCc4ccncc4)C3)csc2C1. The number of hydrogen-bond donors (Lipinski definition) is 0. The number of amides is 1. The standard InChI is InChI=1S/C20H24N2O2S/c1-14-2-3-17-18(13-25-19(17)10-14)20(23)22-9-6-16(11-22)24-12-15-4-7-21-8-5-15/h4-5,7-8,13-14,16H,2-3,6,9-12H2,1H3/t14-,16-/m0/s1. The zero-order valence-electron chi connectivity index (χ0n) is 14.6. The predicted octanol–water partition coefficient (Wildman–Crippen LogP) is 3.70. The lowest BCUT2D eigenvalue weighted by Gasteiger charge is -2.21. The Bertz CT molecular complexity index is 743. The number of carbonyl (C=O) groups excluding carboxylic acids is 1. The maximum atomic E-state index is 13.0. The van der Waals surface area contributed by atoms with Crippen molar-refractivity contribution in [2.24, 2.45) is 5.92 Å². The molecule has 0 N–H and O–H groups in total.